The van der Waals surface area contributed by atoms with E-state index in [0.717, 1.165) is 5.56 Å². The van der Waals surface area contributed by atoms with Gasteiger partial charge in [0.2, 0.25) is 11.8 Å². The van der Waals surface area contributed by atoms with Crippen molar-refractivity contribution < 1.29 is 8.81 Å². The molecule has 3 nitrogen and oxygen atoms in total. The van der Waals surface area contributed by atoms with Crippen LogP contribution in [0.3, 0.4) is 0 Å². The number of aromatic nitrogens is 2. The lowest BCUT2D eigenvalue weighted by Crippen LogP contribution is -1.93. The average molecular weight is 303 g/mol. The fourth-order valence-electron chi connectivity index (χ4n) is 2.01. The highest BCUT2D eigenvalue weighted by Gasteiger charge is 2.18. The van der Waals surface area contributed by atoms with E-state index in [9.17, 15) is 4.39 Å². The van der Waals surface area contributed by atoms with Gasteiger partial charge in [-0.05, 0) is 17.2 Å². The minimum atomic E-state index is -0.506. The summed E-state index contributed by atoms with van der Waals surface area (Å²) in [6.45, 7) is 0. The molecule has 0 aliphatic heterocycles. The molecule has 0 aliphatic rings. The Morgan fingerprint density at radius 3 is 2.48 bits per heavy atom. The Kier molecular flexibility index (Phi) is 3.97. The number of hydrogen-bond donors (Lipinski definition) is 0. The molecule has 0 fully saturated rings. The Balaban J connectivity index is 1.79. The zero-order chi connectivity index (χ0) is 14.7. The van der Waals surface area contributed by atoms with Crippen LogP contribution < -0.4 is 0 Å². The summed E-state index contributed by atoms with van der Waals surface area (Å²) in [5, 5.41) is 7.37. The van der Waals surface area contributed by atoms with Crippen LogP contribution in [0.15, 0.2) is 59.0 Å². The predicted octanol–water partition coefficient (Wildman–Crippen LogP) is 4.13. The summed E-state index contributed by atoms with van der Waals surface area (Å²) in [5.41, 5.74) is 1.39. The Labute approximate surface area is 126 Å². The Morgan fingerprint density at radius 1 is 1.00 bits per heavy atom. The number of nitrogens with zero attached hydrogens (tertiary/aromatic N) is 2. The summed E-state index contributed by atoms with van der Waals surface area (Å²) in [6.07, 6.45) is 0.248. The molecule has 1 unspecified atom stereocenters. The number of halogens is 2. The summed E-state index contributed by atoms with van der Waals surface area (Å²) in [7, 11) is 0. The minimum Gasteiger partial charge on any atom is -0.423 e. The fourth-order valence-corrected chi connectivity index (χ4v) is 2.24. The molecule has 0 radical (unpaired) electrons. The largest absolute Gasteiger partial charge is 0.423 e. The first-order valence-electron chi connectivity index (χ1n) is 6.49. The Hall–Kier alpha value is -2.20. The molecule has 21 heavy (non-hydrogen) atoms. The quantitative estimate of drug-likeness (QED) is 0.680. The van der Waals surface area contributed by atoms with Gasteiger partial charge in [-0.25, -0.2) is 4.39 Å². The van der Waals surface area contributed by atoms with Crippen molar-refractivity contribution in [3.05, 3.63) is 83.3 Å². The van der Waals surface area contributed by atoms with Gasteiger partial charge < -0.3 is 4.42 Å². The Morgan fingerprint density at radius 2 is 1.71 bits per heavy atom. The third-order valence-electron chi connectivity index (χ3n) is 3.09. The molecule has 0 aliphatic carbocycles. The maximum absolute atomic E-state index is 13.6. The van der Waals surface area contributed by atoms with Gasteiger partial charge in [-0.2, -0.15) is 0 Å². The lowest BCUT2D eigenvalue weighted by Gasteiger charge is -2.04. The molecule has 0 N–H and O–H groups in total. The van der Waals surface area contributed by atoms with E-state index < -0.39 is 5.38 Å². The highest BCUT2D eigenvalue weighted by molar-refractivity contribution is 6.22. The maximum atomic E-state index is 13.6. The van der Waals surface area contributed by atoms with Crippen molar-refractivity contribution in [3.63, 3.8) is 0 Å². The van der Waals surface area contributed by atoms with Crippen molar-refractivity contribution in [2.75, 3.05) is 0 Å². The van der Waals surface area contributed by atoms with E-state index in [1.165, 1.54) is 6.07 Å². The number of hydrogen-bond acceptors (Lipinski definition) is 3. The van der Waals surface area contributed by atoms with Gasteiger partial charge in [0.15, 0.2) is 0 Å². The van der Waals surface area contributed by atoms with Gasteiger partial charge in [0.1, 0.15) is 11.2 Å². The van der Waals surface area contributed by atoms with Crippen LogP contribution >= 0.6 is 11.6 Å². The van der Waals surface area contributed by atoms with E-state index in [1.54, 1.807) is 18.2 Å². The first-order valence-corrected chi connectivity index (χ1v) is 6.92. The van der Waals surface area contributed by atoms with Crippen LogP contribution in [0.2, 0.25) is 0 Å². The van der Waals surface area contributed by atoms with Gasteiger partial charge in [-0.1, -0.05) is 48.5 Å². The second kappa shape index (κ2) is 6.06. The molecular formula is C16H12ClFN2O. The van der Waals surface area contributed by atoms with Gasteiger partial charge in [-0.15, -0.1) is 21.8 Å². The van der Waals surface area contributed by atoms with E-state index in [2.05, 4.69) is 10.2 Å². The summed E-state index contributed by atoms with van der Waals surface area (Å²) >= 11 is 6.31. The molecule has 0 saturated heterocycles. The Bertz CT molecular complexity index is 730. The number of alkyl halides is 1. The van der Waals surface area contributed by atoms with Crippen LogP contribution in [0.5, 0.6) is 0 Å². The normalized spacial score (nSPS) is 12.3. The van der Waals surface area contributed by atoms with Crippen LogP contribution in [0, 0.1) is 5.82 Å². The second-order valence-electron chi connectivity index (χ2n) is 4.58. The van der Waals surface area contributed by atoms with Crippen molar-refractivity contribution in [3.8, 4) is 0 Å². The monoisotopic (exact) mass is 302 g/mol. The predicted molar refractivity (Wildman–Crippen MR) is 77.6 cm³/mol. The second-order valence-corrected chi connectivity index (χ2v) is 5.01. The third-order valence-corrected chi connectivity index (χ3v) is 3.53. The van der Waals surface area contributed by atoms with Crippen LogP contribution in [-0.4, -0.2) is 10.2 Å². The molecule has 5 heteroatoms. The number of rotatable bonds is 4. The highest BCUT2D eigenvalue weighted by Crippen LogP contribution is 2.27. The van der Waals surface area contributed by atoms with E-state index in [-0.39, 0.29) is 12.2 Å². The van der Waals surface area contributed by atoms with Gasteiger partial charge >= 0.3 is 0 Å². The van der Waals surface area contributed by atoms with E-state index in [4.69, 9.17) is 16.0 Å². The summed E-state index contributed by atoms with van der Waals surface area (Å²) in [4.78, 5) is 0. The van der Waals surface area contributed by atoms with Gasteiger partial charge in [-0.3, -0.25) is 0 Å². The van der Waals surface area contributed by atoms with E-state index in [1.807, 2.05) is 30.3 Å². The lowest BCUT2D eigenvalue weighted by molar-refractivity contribution is 0.459. The minimum absolute atomic E-state index is 0.248. The van der Waals surface area contributed by atoms with Crippen molar-refractivity contribution in [2.24, 2.45) is 0 Å². The SMILES string of the molecule is Fc1ccccc1Cc1nnc(C(Cl)c2ccccc2)o1. The summed E-state index contributed by atoms with van der Waals surface area (Å²) < 4.78 is 19.1. The molecule has 1 aromatic heterocycles. The molecule has 106 valence electrons. The standard InChI is InChI=1S/C16H12ClFN2O/c17-15(11-6-2-1-3-7-11)16-20-19-14(21-16)10-12-8-4-5-9-13(12)18/h1-9,15H,10H2. The zero-order valence-corrected chi connectivity index (χ0v) is 11.8. The molecule has 0 saturated carbocycles. The average Bonchev–Trinajstić information content (AvgIpc) is 2.98. The maximum Gasteiger partial charge on any atom is 0.238 e. The molecule has 3 aromatic rings. The van der Waals surface area contributed by atoms with Crippen LogP contribution in [-0.2, 0) is 6.42 Å². The molecule has 0 spiro atoms. The fraction of sp³-hybridized carbons (Fsp3) is 0.125. The molecule has 0 amide bonds. The van der Waals surface area contributed by atoms with Crippen LogP contribution in [0.4, 0.5) is 4.39 Å². The van der Waals surface area contributed by atoms with E-state index >= 15 is 0 Å². The van der Waals surface area contributed by atoms with Crippen LogP contribution in [0.25, 0.3) is 0 Å². The molecule has 1 atom stereocenters. The molecule has 1 heterocycles. The molecule has 3 rings (SSSR count). The van der Waals surface area contributed by atoms with Gasteiger partial charge in [0, 0.05) is 0 Å². The third kappa shape index (κ3) is 3.11. The highest BCUT2D eigenvalue weighted by atomic mass is 35.5. The smallest absolute Gasteiger partial charge is 0.238 e. The first-order chi connectivity index (χ1) is 10.2. The first kappa shape index (κ1) is 13.8. The molecular weight excluding hydrogens is 291 g/mol. The van der Waals surface area contributed by atoms with Gasteiger partial charge in [0.25, 0.3) is 0 Å². The zero-order valence-electron chi connectivity index (χ0n) is 11.0. The van der Waals surface area contributed by atoms with Gasteiger partial charge in [0.05, 0.1) is 6.42 Å². The van der Waals surface area contributed by atoms with Crippen molar-refractivity contribution in [1.82, 2.24) is 10.2 Å². The lowest BCUT2D eigenvalue weighted by atomic mass is 10.1. The van der Waals surface area contributed by atoms with Crippen molar-refractivity contribution in [1.29, 1.82) is 0 Å². The number of benzene rings is 2. The summed E-state index contributed by atoms with van der Waals surface area (Å²) in [6, 6.07) is 16.0. The van der Waals surface area contributed by atoms with Crippen LogP contribution in [0.1, 0.15) is 28.3 Å². The molecule has 2 aromatic carbocycles. The van der Waals surface area contributed by atoms with Crippen molar-refractivity contribution >= 4 is 11.6 Å². The van der Waals surface area contributed by atoms with Crippen molar-refractivity contribution in [2.45, 2.75) is 11.8 Å². The topological polar surface area (TPSA) is 38.9 Å². The molecule has 0 bridgehead atoms. The summed E-state index contributed by atoms with van der Waals surface area (Å²) in [5.74, 6) is 0.369. The van der Waals surface area contributed by atoms with E-state index in [0.29, 0.717) is 17.3 Å².